The first-order valence-electron chi connectivity index (χ1n) is 7.07. The average molecular weight is 364 g/mol. The van der Waals surface area contributed by atoms with Gasteiger partial charge in [-0.15, -0.1) is 0 Å². The van der Waals surface area contributed by atoms with Crippen molar-refractivity contribution in [2.75, 3.05) is 18.2 Å². The number of sulfone groups is 1. The highest BCUT2D eigenvalue weighted by Crippen LogP contribution is 2.29. The summed E-state index contributed by atoms with van der Waals surface area (Å²) in [5.74, 6) is 0.362. The van der Waals surface area contributed by atoms with Crippen molar-refractivity contribution in [3.63, 3.8) is 0 Å². The first-order valence-corrected chi connectivity index (χ1v) is 9.34. The van der Waals surface area contributed by atoms with Gasteiger partial charge in [-0.2, -0.15) is 0 Å². The van der Waals surface area contributed by atoms with E-state index in [1.54, 1.807) is 36.4 Å². The van der Waals surface area contributed by atoms with Crippen LogP contribution in [0, 0.1) is 0 Å². The second kappa shape index (κ2) is 6.30. The van der Waals surface area contributed by atoms with Crippen molar-refractivity contribution < 1.29 is 17.9 Å². The van der Waals surface area contributed by atoms with Crippen LogP contribution >= 0.6 is 11.6 Å². The van der Waals surface area contributed by atoms with E-state index >= 15 is 0 Å². The molecular formula is C17H14ClNO4S. The van der Waals surface area contributed by atoms with Crippen LogP contribution in [0.4, 0.5) is 5.69 Å². The molecule has 0 aliphatic carbocycles. The second-order valence-corrected chi connectivity index (χ2v) is 7.84. The van der Waals surface area contributed by atoms with Crippen molar-refractivity contribution >= 4 is 39.1 Å². The lowest BCUT2D eigenvalue weighted by Gasteiger charge is -2.18. The molecule has 5 nitrogen and oxygen atoms in total. The van der Waals surface area contributed by atoms with E-state index in [-0.39, 0.29) is 17.4 Å². The maximum absolute atomic E-state index is 12.3. The number of benzene rings is 2. The van der Waals surface area contributed by atoms with Crippen molar-refractivity contribution in [1.29, 1.82) is 0 Å². The third-order valence-electron chi connectivity index (χ3n) is 3.52. The van der Waals surface area contributed by atoms with Crippen molar-refractivity contribution in [3.05, 3.63) is 58.6 Å². The summed E-state index contributed by atoms with van der Waals surface area (Å²) in [5.41, 5.74) is 1.70. The van der Waals surface area contributed by atoms with Crippen LogP contribution in [0.5, 0.6) is 5.75 Å². The second-order valence-electron chi connectivity index (χ2n) is 5.39. The standard InChI is InChI=1S/C17H14ClNO4S/c1-24(21,22)15-5-3-14(4-6-15)19-17(20)12-8-11-9-13(18)2-7-16(11)23-10-12/h2-9H,10H2,1H3,(H,19,20). The number of anilines is 1. The fraction of sp³-hybridized carbons (Fsp3) is 0.118. The van der Waals surface area contributed by atoms with Crippen molar-refractivity contribution in [2.24, 2.45) is 0 Å². The van der Waals surface area contributed by atoms with Crippen LogP contribution < -0.4 is 10.1 Å². The Bertz CT molecular complexity index is 934. The third-order valence-corrected chi connectivity index (χ3v) is 4.88. The van der Waals surface area contributed by atoms with Gasteiger partial charge in [0, 0.05) is 22.5 Å². The van der Waals surface area contributed by atoms with Gasteiger partial charge in [0.1, 0.15) is 12.4 Å². The molecule has 1 N–H and O–H groups in total. The Morgan fingerprint density at radius 1 is 1.17 bits per heavy atom. The fourth-order valence-corrected chi connectivity index (χ4v) is 3.09. The minimum atomic E-state index is -3.26. The van der Waals surface area contributed by atoms with Crippen molar-refractivity contribution in [2.45, 2.75) is 4.90 Å². The number of hydrogen-bond acceptors (Lipinski definition) is 4. The molecule has 1 aliphatic rings. The van der Waals surface area contributed by atoms with E-state index in [0.717, 1.165) is 11.8 Å². The predicted molar refractivity (Wildman–Crippen MR) is 93.1 cm³/mol. The SMILES string of the molecule is CS(=O)(=O)c1ccc(NC(=O)C2=Cc3cc(Cl)ccc3OC2)cc1. The summed E-state index contributed by atoms with van der Waals surface area (Å²) in [4.78, 5) is 12.5. The van der Waals surface area contributed by atoms with Gasteiger partial charge < -0.3 is 10.1 Å². The summed E-state index contributed by atoms with van der Waals surface area (Å²) in [7, 11) is -3.26. The van der Waals surface area contributed by atoms with Crippen molar-refractivity contribution in [3.8, 4) is 5.75 Å². The summed E-state index contributed by atoms with van der Waals surface area (Å²) in [6.45, 7) is 0.155. The summed E-state index contributed by atoms with van der Waals surface area (Å²) >= 11 is 5.95. The number of rotatable bonds is 3. The molecule has 1 heterocycles. The van der Waals surface area contributed by atoms with Gasteiger partial charge in [-0.25, -0.2) is 8.42 Å². The summed E-state index contributed by atoms with van der Waals surface area (Å²) < 4.78 is 28.4. The van der Waals surface area contributed by atoms with Gasteiger partial charge in [0.25, 0.3) is 5.91 Å². The number of fused-ring (bicyclic) bond motifs is 1. The highest BCUT2D eigenvalue weighted by molar-refractivity contribution is 7.90. The van der Waals surface area contributed by atoms with Gasteiger partial charge in [0.05, 0.1) is 10.5 Å². The Hall–Kier alpha value is -2.31. The molecule has 2 aromatic rings. The molecule has 2 aromatic carbocycles. The monoisotopic (exact) mass is 363 g/mol. The van der Waals surface area contributed by atoms with Gasteiger partial charge in [-0.05, 0) is 48.5 Å². The van der Waals surface area contributed by atoms with Gasteiger partial charge in [-0.1, -0.05) is 11.6 Å². The van der Waals surface area contributed by atoms with Crippen LogP contribution in [-0.2, 0) is 14.6 Å². The molecular weight excluding hydrogens is 350 g/mol. The zero-order chi connectivity index (χ0) is 17.3. The van der Waals surface area contributed by atoms with E-state index in [0.29, 0.717) is 22.0 Å². The average Bonchev–Trinajstić information content (AvgIpc) is 2.53. The van der Waals surface area contributed by atoms with E-state index in [2.05, 4.69) is 5.32 Å². The molecule has 0 spiro atoms. The molecule has 24 heavy (non-hydrogen) atoms. The normalized spacial score (nSPS) is 13.5. The number of amides is 1. The maximum atomic E-state index is 12.3. The van der Waals surface area contributed by atoms with Crippen LogP contribution in [0.2, 0.25) is 5.02 Å². The van der Waals surface area contributed by atoms with Crippen LogP contribution in [0.1, 0.15) is 5.56 Å². The lowest BCUT2D eigenvalue weighted by Crippen LogP contribution is -2.21. The highest BCUT2D eigenvalue weighted by atomic mass is 35.5. The van der Waals surface area contributed by atoms with Crippen molar-refractivity contribution in [1.82, 2.24) is 0 Å². The molecule has 0 fully saturated rings. The molecule has 7 heteroatoms. The lowest BCUT2D eigenvalue weighted by molar-refractivity contribution is -0.113. The van der Waals surface area contributed by atoms with Gasteiger partial charge in [0.2, 0.25) is 0 Å². The number of halogens is 1. The van der Waals surface area contributed by atoms with E-state index < -0.39 is 9.84 Å². The molecule has 0 unspecified atom stereocenters. The minimum absolute atomic E-state index is 0.155. The molecule has 0 bridgehead atoms. The largest absolute Gasteiger partial charge is 0.488 e. The molecule has 0 radical (unpaired) electrons. The molecule has 0 atom stereocenters. The molecule has 0 saturated carbocycles. The van der Waals surface area contributed by atoms with Gasteiger partial charge >= 0.3 is 0 Å². The molecule has 0 aromatic heterocycles. The summed E-state index contributed by atoms with van der Waals surface area (Å²) in [6.07, 6.45) is 2.86. The Labute approximate surface area is 144 Å². The van der Waals surface area contributed by atoms with Crippen LogP contribution in [0.15, 0.2) is 52.9 Å². The van der Waals surface area contributed by atoms with E-state index in [1.807, 2.05) is 0 Å². The Morgan fingerprint density at radius 2 is 1.88 bits per heavy atom. The Morgan fingerprint density at radius 3 is 2.54 bits per heavy atom. The number of hydrogen-bond donors (Lipinski definition) is 1. The van der Waals surface area contributed by atoms with Gasteiger partial charge in [0.15, 0.2) is 9.84 Å². The van der Waals surface area contributed by atoms with E-state index in [1.165, 1.54) is 12.1 Å². The first kappa shape index (κ1) is 16.5. The number of carbonyl (C=O) groups excluding carboxylic acids is 1. The number of ether oxygens (including phenoxy) is 1. The van der Waals surface area contributed by atoms with Crippen LogP contribution in [-0.4, -0.2) is 27.2 Å². The molecule has 1 amide bonds. The summed E-state index contributed by atoms with van der Waals surface area (Å²) in [6, 6.07) is 11.2. The first-order chi connectivity index (χ1) is 11.3. The zero-order valence-electron chi connectivity index (χ0n) is 12.7. The van der Waals surface area contributed by atoms with Crippen LogP contribution in [0.3, 0.4) is 0 Å². The van der Waals surface area contributed by atoms with Gasteiger partial charge in [-0.3, -0.25) is 4.79 Å². The lowest BCUT2D eigenvalue weighted by atomic mass is 10.1. The molecule has 3 rings (SSSR count). The minimum Gasteiger partial charge on any atom is -0.488 e. The quantitative estimate of drug-likeness (QED) is 0.909. The van der Waals surface area contributed by atoms with E-state index in [9.17, 15) is 13.2 Å². The van der Waals surface area contributed by atoms with Crippen LogP contribution in [0.25, 0.3) is 6.08 Å². The molecule has 0 saturated heterocycles. The van der Waals surface area contributed by atoms with E-state index in [4.69, 9.17) is 16.3 Å². The molecule has 124 valence electrons. The fourth-order valence-electron chi connectivity index (χ4n) is 2.28. The molecule has 1 aliphatic heterocycles. The zero-order valence-corrected chi connectivity index (χ0v) is 14.3. The highest BCUT2D eigenvalue weighted by Gasteiger charge is 2.18. The predicted octanol–water partition coefficient (Wildman–Crippen LogP) is 3.16. The summed E-state index contributed by atoms with van der Waals surface area (Å²) in [5, 5.41) is 3.28. The third kappa shape index (κ3) is 3.60. The number of nitrogens with one attached hydrogen (secondary N) is 1. The number of carbonyl (C=O) groups is 1. The smallest absolute Gasteiger partial charge is 0.255 e. The Balaban J connectivity index is 1.78. The topological polar surface area (TPSA) is 72.5 Å². The Kier molecular flexibility index (Phi) is 4.34. The maximum Gasteiger partial charge on any atom is 0.255 e.